The molecule has 0 atom stereocenters. The Hall–Kier alpha value is -2.28. The Balaban J connectivity index is 2.33. The van der Waals surface area contributed by atoms with Crippen molar-refractivity contribution in [3.8, 4) is 0 Å². The number of carbonyl (C=O) groups is 1. The molecule has 0 amide bonds. The van der Waals surface area contributed by atoms with E-state index in [-0.39, 0.29) is 16.3 Å². The Bertz CT molecular complexity index is 758. The van der Waals surface area contributed by atoms with Crippen LogP contribution in [0.4, 0.5) is 4.39 Å². The molecule has 0 fully saturated rings. The molecule has 0 radical (unpaired) electrons. The highest BCUT2D eigenvalue weighted by atomic mass is 32.2. The number of rotatable bonds is 4. The maximum Gasteiger partial charge on any atom is 0.354 e. The molecule has 0 aliphatic heterocycles. The number of sulfone groups is 1. The van der Waals surface area contributed by atoms with Gasteiger partial charge in [-0.2, -0.15) is 0 Å². The van der Waals surface area contributed by atoms with E-state index < -0.39 is 27.4 Å². The van der Waals surface area contributed by atoms with Crippen LogP contribution in [0.1, 0.15) is 16.2 Å². The van der Waals surface area contributed by atoms with Gasteiger partial charge in [-0.15, -0.1) is 0 Å². The van der Waals surface area contributed by atoms with Gasteiger partial charge in [0.1, 0.15) is 11.5 Å². The molecule has 2 aromatic rings. The SMILES string of the molecule is O=C(O)c1cccc(CS(=O)(=O)c2cccc(F)c2)n1. The second-order valence-electron chi connectivity index (χ2n) is 4.04. The summed E-state index contributed by atoms with van der Waals surface area (Å²) < 4.78 is 37.2. The fourth-order valence-electron chi connectivity index (χ4n) is 1.62. The highest BCUT2D eigenvalue weighted by Gasteiger charge is 2.17. The molecule has 1 heterocycles. The highest BCUT2D eigenvalue weighted by molar-refractivity contribution is 7.90. The van der Waals surface area contributed by atoms with Gasteiger partial charge < -0.3 is 5.11 Å². The van der Waals surface area contributed by atoms with Gasteiger partial charge >= 0.3 is 5.97 Å². The largest absolute Gasteiger partial charge is 0.477 e. The first-order valence-corrected chi connectivity index (χ1v) is 7.21. The summed E-state index contributed by atoms with van der Waals surface area (Å²) in [6, 6.07) is 8.71. The fourth-order valence-corrected chi connectivity index (χ4v) is 2.91. The molecule has 0 aliphatic carbocycles. The molecule has 1 N–H and O–H groups in total. The Morgan fingerprint density at radius 1 is 1.20 bits per heavy atom. The van der Waals surface area contributed by atoms with Crippen molar-refractivity contribution in [2.45, 2.75) is 10.6 Å². The predicted molar refractivity (Wildman–Crippen MR) is 68.5 cm³/mol. The van der Waals surface area contributed by atoms with Gasteiger partial charge in [0.05, 0.1) is 16.3 Å². The second kappa shape index (κ2) is 5.38. The molecule has 2 rings (SSSR count). The van der Waals surface area contributed by atoms with Crippen LogP contribution in [-0.4, -0.2) is 24.5 Å². The molecule has 104 valence electrons. The van der Waals surface area contributed by atoms with E-state index in [0.29, 0.717) is 0 Å². The lowest BCUT2D eigenvalue weighted by atomic mass is 10.3. The summed E-state index contributed by atoms with van der Waals surface area (Å²) in [7, 11) is -3.77. The number of nitrogens with zero attached hydrogens (tertiary/aromatic N) is 1. The van der Waals surface area contributed by atoms with E-state index >= 15 is 0 Å². The fraction of sp³-hybridized carbons (Fsp3) is 0.0769. The van der Waals surface area contributed by atoms with Crippen molar-refractivity contribution in [1.82, 2.24) is 4.98 Å². The van der Waals surface area contributed by atoms with E-state index in [2.05, 4.69) is 4.98 Å². The van der Waals surface area contributed by atoms with Crippen molar-refractivity contribution in [2.75, 3.05) is 0 Å². The summed E-state index contributed by atoms with van der Waals surface area (Å²) in [5.74, 6) is -2.38. The lowest BCUT2D eigenvalue weighted by molar-refractivity contribution is 0.0690. The van der Waals surface area contributed by atoms with Gasteiger partial charge in [0.15, 0.2) is 9.84 Å². The zero-order chi connectivity index (χ0) is 14.8. The number of carboxylic acids is 1. The molecule has 0 saturated carbocycles. The third-order valence-corrected chi connectivity index (χ3v) is 4.17. The summed E-state index contributed by atoms with van der Waals surface area (Å²) in [5.41, 5.74) is -0.147. The summed E-state index contributed by atoms with van der Waals surface area (Å²) in [6.45, 7) is 0. The summed E-state index contributed by atoms with van der Waals surface area (Å²) >= 11 is 0. The van der Waals surface area contributed by atoms with Crippen LogP contribution in [0.5, 0.6) is 0 Å². The first-order valence-electron chi connectivity index (χ1n) is 5.56. The molecule has 0 bridgehead atoms. The Labute approximate surface area is 114 Å². The third kappa shape index (κ3) is 3.18. The molecule has 1 aromatic carbocycles. The normalized spacial score (nSPS) is 11.2. The minimum Gasteiger partial charge on any atom is -0.477 e. The molecular formula is C13H10FNO4S. The van der Waals surface area contributed by atoms with Crippen LogP contribution in [0.2, 0.25) is 0 Å². The van der Waals surface area contributed by atoms with E-state index in [1.807, 2.05) is 0 Å². The zero-order valence-corrected chi connectivity index (χ0v) is 11.0. The minimum absolute atomic E-state index is 0.0918. The molecule has 20 heavy (non-hydrogen) atoms. The maximum absolute atomic E-state index is 13.0. The van der Waals surface area contributed by atoms with Crippen molar-refractivity contribution in [2.24, 2.45) is 0 Å². The van der Waals surface area contributed by atoms with Gasteiger partial charge in [0.25, 0.3) is 0 Å². The molecule has 5 nitrogen and oxygen atoms in total. The summed E-state index contributed by atoms with van der Waals surface area (Å²) in [6.07, 6.45) is 0. The van der Waals surface area contributed by atoms with Crippen LogP contribution >= 0.6 is 0 Å². The van der Waals surface area contributed by atoms with Crippen LogP contribution < -0.4 is 0 Å². The van der Waals surface area contributed by atoms with Gasteiger partial charge in [0.2, 0.25) is 0 Å². The van der Waals surface area contributed by atoms with E-state index in [9.17, 15) is 17.6 Å². The molecule has 0 unspecified atom stereocenters. The van der Waals surface area contributed by atoms with E-state index in [1.54, 1.807) is 0 Å². The minimum atomic E-state index is -3.77. The average molecular weight is 295 g/mol. The van der Waals surface area contributed by atoms with Crippen LogP contribution in [-0.2, 0) is 15.6 Å². The Morgan fingerprint density at radius 3 is 2.55 bits per heavy atom. The standard InChI is InChI=1S/C13H10FNO4S/c14-9-3-1-5-11(7-9)20(18,19)8-10-4-2-6-12(15-10)13(16)17/h1-7H,8H2,(H,16,17). The van der Waals surface area contributed by atoms with Crippen LogP contribution in [0.15, 0.2) is 47.4 Å². The number of halogens is 1. The molecule has 1 aromatic heterocycles. The predicted octanol–water partition coefficient (Wildman–Crippen LogP) is 1.89. The highest BCUT2D eigenvalue weighted by Crippen LogP contribution is 2.16. The number of benzene rings is 1. The van der Waals surface area contributed by atoms with Crippen molar-refractivity contribution < 1.29 is 22.7 Å². The monoisotopic (exact) mass is 295 g/mol. The first-order chi connectivity index (χ1) is 9.38. The van der Waals surface area contributed by atoms with Crippen LogP contribution in [0, 0.1) is 5.82 Å². The van der Waals surface area contributed by atoms with Gasteiger partial charge in [-0.1, -0.05) is 12.1 Å². The van der Waals surface area contributed by atoms with Crippen LogP contribution in [0.25, 0.3) is 0 Å². The lowest BCUT2D eigenvalue weighted by Gasteiger charge is -2.05. The average Bonchev–Trinajstić information content (AvgIpc) is 2.38. The number of carboxylic acid groups (broad SMARTS) is 1. The zero-order valence-electron chi connectivity index (χ0n) is 10.2. The number of hydrogen-bond donors (Lipinski definition) is 1. The van der Waals surface area contributed by atoms with Gasteiger partial charge in [-0.3, -0.25) is 0 Å². The molecule has 7 heteroatoms. The van der Waals surface area contributed by atoms with Crippen molar-refractivity contribution >= 4 is 15.8 Å². The van der Waals surface area contributed by atoms with Gasteiger partial charge in [0, 0.05) is 0 Å². The van der Waals surface area contributed by atoms with Gasteiger partial charge in [-0.05, 0) is 30.3 Å². The molecular weight excluding hydrogens is 285 g/mol. The molecule has 0 aliphatic rings. The number of aromatic carboxylic acids is 1. The van der Waals surface area contributed by atoms with E-state index in [4.69, 9.17) is 5.11 Å². The lowest BCUT2D eigenvalue weighted by Crippen LogP contribution is -2.09. The first kappa shape index (κ1) is 14.1. The van der Waals surface area contributed by atoms with Crippen molar-refractivity contribution in [1.29, 1.82) is 0 Å². The maximum atomic E-state index is 13.0. The Morgan fingerprint density at radius 2 is 1.90 bits per heavy atom. The molecule has 0 saturated heterocycles. The number of pyridine rings is 1. The van der Waals surface area contributed by atoms with Crippen LogP contribution in [0.3, 0.4) is 0 Å². The third-order valence-electron chi connectivity index (χ3n) is 2.52. The van der Waals surface area contributed by atoms with Crippen molar-refractivity contribution in [3.05, 3.63) is 59.7 Å². The van der Waals surface area contributed by atoms with Crippen molar-refractivity contribution in [3.63, 3.8) is 0 Å². The van der Waals surface area contributed by atoms with E-state index in [1.165, 1.54) is 30.3 Å². The summed E-state index contributed by atoms with van der Waals surface area (Å²) in [5, 5.41) is 8.80. The smallest absolute Gasteiger partial charge is 0.354 e. The topological polar surface area (TPSA) is 84.3 Å². The molecule has 0 spiro atoms. The number of hydrogen-bond acceptors (Lipinski definition) is 4. The van der Waals surface area contributed by atoms with Gasteiger partial charge in [-0.25, -0.2) is 22.6 Å². The van der Waals surface area contributed by atoms with E-state index in [0.717, 1.165) is 12.1 Å². The second-order valence-corrected chi connectivity index (χ2v) is 6.03. The Kier molecular flexibility index (Phi) is 3.80. The number of aromatic nitrogens is 1. The summed E-state index contributed by atoms with van der Waals surface area (Å²) in [4.78, 5) is 14.3. The quantitative estimate of drug-likeness (QED) is 0.931.